The minimum atomic E-state index is -0.664. The highest BCUT2D eigenvalue weighted by molar-refractivity contribution is 6.34. The third kappa shape index (κ3) is 5.34. The second-order valence-corrected chi connectivity index (χ2v) is 2.86. The van der Waals surface area contributed by atoms with Gasteiger partial charge in [-0.15, -0.1) is 0 Å². The molecular weight excluding hydrogens is 200 g/mol. The molecule has 0 aromatic carbocycles. The average molecular weight is 218 g/mol. The Morgan fingerprint density at radius 2 is 2.13 bits per heavy atom. The highest BCUT2D eigenvalue weighted by Crippen LogP contribution is 1.88. The maximum atomic E-state index is 11.4. The molecule has 0 unspecified atom stereocenters. The van der Waals surface area contributed by atoms with E-state index in [1.807, 2.05) is 0 Å². The molecule has 0 atom stereocenters. The summed E-state index contributed by atoms with van der Waals surface area (Å²) in [6, 6.07) is 0. The van der Waals surface area contributed by atoms with Crippen molar-refractivity contribution in [2.24, 2.45) is 0 Å². The van der Waals surface area contributed by atoms with Crippen LogP contribution in [0.15, 0.2) is 0 Å². The molecular formula is C9H18N2O4. The first kappa shape index (κ1) is 13.9. The van der Waals surface area contributed by atoms with Crippen molar-refractivity contribution < 1.29 is 19.4 Å². The largest absolute Gasteiger partial charge is 0.395 e. The standard InChI is InChI=1S/C9H18N2O4/c1-3-11(5-6-12)9(14)8(13)10-4-7-15-2/h12H,3-7H2,1-2H3,(H,10,13). The van der Waals surface area contributed by atoms with Crippen molar-refractivity contribution in [1.82, 2.24) is 10.2 Å². The maximum Gasteiger partial charge on any atom is 0.311 e. The van der Waals surface area contributed by atoms with Crippen LogP contribution in [0.1, 0.15) is 6.92 Å². The van der Waals surface area contributed by atoms with Crippen molar-refractivity contribution in [1.29, 1.82) is 0 Å². The van der Waals surface area contributed by atoms with Gasteiger partial charge in [-0.1, -0.05) is 0 Å². The van der Waals surface area contributed by atoms with Crippen molar-refractivity contribution in [2.45, 2.75) is 6.92 Å². The van der Waals surface area contributed by atoms with Crippen LogP contribution in [0.4, 0.5) is 0 Å². The number of nitrogens with zero attached hydrogens (tertiary/aromatic N) is 1. The molecule has 0 aliphatic carbocycles. The van der Waals surface area contributed by atoms with Gasteiger partial charge in [-0.25, -0.2) is 0 Å². The molecule has 0 aliphatic rings. The Morgan fingerprint density at radius 1 is 1.47 bits per heavy atom. The molecule has 0 saturated carbocycles. The predicted octanol–water partition coefficient (Wildman–Crippen LogP) is -1.41. The zero-order chi connectivity index (χ0) is 11.7. The predicted molar refractivity (Wildman–Crippen MR) is 54.2 cm³/mol. The molecule has 0 spiro atoms. The van der Waals surface area contributed by atoms with Gasteiger partial charge in [0, 0.05) is 26.7 Å². The third-order valence-corrected chi connectivity index (χ3v) is 1.82. The lowest BCUT2D eigenvalue weighted by Crippen LogP contribution is -2.44. The third-order valence-electron chi connectivity index (χ3n) is 1.82. The summed E-state index contributed by atoms with van der Waals surface area (Å²) in [5, 5.41) is 11.1. The summed E-state index contributed by atoms with van der Waals surface area (Å²) in [5.41, 5.74) is 0. The minimum Gasteiger partial charge on any atom is -0.395 e. The van der Waals surface area contributed by atoms with Gasteiger partial charge >= 0.3 is 11.8 Å². The van der Waals surface area contributed by atoms with Crippen LogP contribution in [0.3, 0.4) is 0 Å². The first-order valence-electron chi connectivity index (χ1n) is 4.84. The first-order chi connectivity index (χ1) is 7.17. The van der Waals surface area contributed by atoms with E-state index < -0.39 is 11.8 Å². The summed E-state index contributed by atoms with van der Waals surface area (Å²) >= 11 is 0. The van der Waals surface area contributed by atoms with Crippen LogP contribution < -0.4 is 5.32 Å². The Kier molecular flexibility index (Phi) is 7.57. The number of likely N-dealkylation sites (N-methyl/N-ethyl adjacent to an activating group) is 1. The fourth-order valence-corrected chi connectivity index (χ4v) is 1.01. The molecule has 0 heterocycles. The van der Waals surface area contributed by atoms with Gasteiger partial charge in [-0.2, -0.15) is 0 Å². The zero-order valence-electron chi connectivity index (χ0n) is 9.15. The van der Waals surface area contributed by atoms with Crippen molar-refractivity contribution in [3.8, 4) is 0 Å². The molecule has 0 radical (unpaired) electrons. The molecule has 2 amide bonds. The van der Waals surface area contributed by atoms with E-state index in [2.05, 4.69) is 5.32 Å². The van der Waals surface area contributed by atoms with E-state index in [0.717, 1.165) is 0 Å². The number of hydrogen-bond donors (Lipinski definition) is 2. The summed E-state index contributed by atoms with van der Waals surface area (Å²) in [6.07, 6.45) is 0. The van der Waals surface area contributed by atoms with Crippen LogP contribution in [0.5, 0.6) is 0 Å². The number of aliphatic hydroxyl groups excluding tert-OH is 1. The molecule has 0 fully saturated rings. The van der Waals surface area contributed by atoms with E-state index in [1.54, 1.807) is 6.92 Å². The minimum absolute atomic E-state index is 0.148. The summed E-state index contributed by atoms with van der Waals surface area (Å²) in [4.78, 5) is 24.0. The lowest BCUT2D eigenvalue weighted by atomic mass is 10.4. The molecule has 0 saturated heterocycles. The van der Waals surface area contributed by atoms with E-state index >= 15 is 0 Å². The van der Waals surface area contributed by atoms with Crippen molar-refractivity contribution in [3.05, 3.63) is 0 Å². The second-order valence-electron chi connectivity index (χ2n) is 2.86. The number of ether oxygens (including phenoxy) is 1. The summed E-state index contributed by atoms with van der Waals surface area (Å²) in [6.45, 7) is 2.84. The van der Waals surface area contributed by atoms with Crippen LogP contribution >= 0.6 is 0 Å². The van der Waals surface area contributed by atoms with Crippen LogP contribution in [-0.2, 0) is 14.3 Å². The number of hydrogen-bond acceptors (Lipinski definition) is 4. The SMILES string of the molecule is CCN(CCO)C(=O)C(=O)NCCOC. The molecule has 15 heavy (non-hydrogen) atoms. The Balaban J connectivity index is 3.99. The Bertz CT molecular complexity index is 208. The quantitative estimate of drug-likeness (QED) is 0.424. The molecule has 0 aliphatic heterocycles. The number of amides is 2. The highest BCUT2D eigenvalue weighted by Gasteiger charge is 2.19. The fraction of sp³-hybridized carbons (Fsp3) is 0.778. The maximum absolute atomic E-state index is 11.4. The summed E-state index contributed by atoms with van der Waals surface area (Å²) < 4.78 is 4.73. The molecule has 0 aromatic rings. The highest BCUT2D eigenvalue weighted by atomic mass is 16.5. The van der Waals surface area contributed by atoms with Crippen molar-refractivity contribution in [3.63, 3.8) is 0 Å². The number of nitrogens with one attached hydrogen (secondary N) is 1. The van der Waals surface area contributed by atoms with Crippen LogP contribution in [0.25, 0.3) is 0 Å². The smallest absolute Gasteiger partial charge is 0.311 e. The molecule has 88 valence electrons. The van der Waals surface area contributed by atoms with Gasteiger partial charge in [-0.3, -0.25) is 9.59 Å². The second kappa shape index (κ2) is 8.19. The Labute approximate surface area is 89.2 Å². The molecule has 2 N–H and O–H groups in total. The number of aliphatic hydroxyl groups is 1. The number of rotatable bonds is 6. The van der Waals surface area contributed by atoms with Crippen LogP contribution in [0, 0.1) is 0 Å². The molecule has 6 nitrogen and oxygen atoms in total. The van der Waals surface area contributed by atoms with E-state index in [1.165, 1.54) is 12.0 Å². The van der Waals surface area contributed by atoms with Gasteiger partial charge < -0.3 is 20.1 Å². The summed E-state index contributed by atoms with van der Waals surface area (Å²) in [7, 11) is 1.51. The molecule has 6 heteroatoms. The van der Waals surface area contributed by atoms with Crippen LogP contribution in [0.2, 0.25) is 0 Å². The average Bonchev–Trinajstić information content (AvgIpc) is 2.25. The fourth-order valence-electron chi connectivity index (χ4n) is 1.01. The van der Waals surface area contributed by atoms with Gasteiger partial charge in [0.2, 0.25) is 0 Å². The lowest BCUT2D eigenvalue weighted by molar-refractivity contribution is -0.146. The van der Waals surface area contributed by atoms with E-state index in [4.69, 9.17) is 9.84 Å². The topological polar surface area (TPSA) is 78.9 Å². The van der Waals surface area contributed by atoms with Gasteiger partial charge in [0.05, 0.1) is 13.2 Å². The summed E-state index contributed by atoms with van der Waals surface area (Å²) in [5.74, 6) is -1.29. The molecule has 0 aromatic heterocycles. The van der Waals surface area contributed by atoms with Gasteiger partial charge in [-0.05, 0) is 6.92 Å². The van der Waals surface area contributed by atoms with Gasteiger partial charge in [0.15, 0.2) is 0 Å². The Hall–Kier alpha value is -1.14. The number of methoxy groups -OCH3 is 1. The zero-order valence-corrected chi connectivity index (χ0v) is 9.15. The monoisotopic (exact) mass is 218 g/mol. The van der Waals surface area contributed by atoms with E-state index in [-0.39, 0.29) is 13.2 Å². The van der Waals surface area contributed by atoms with E-state index in [0.29, 0.717) is 19.7 Å². The normalized spacial score (nSPS) is 9.80. The Morgan fingerprint density at radius 3 is 2.60 bits per heavy atom. The molecule has 0 bridgehead atoms. The van der Waals surface area contributed by atoms with Crippen LogP contribution in [-0.4, -0.2) is 61.8 Å². The number of carbonyl (C=O) groups is 2. The molecule has 0 rings (SSSR count). The van der Waals surface area contributed by atoms with Gasteiger partial charge in [0.1, 0.15) is 0 Å². The lowest BCUT2D eigenvalue weighted by Gasteiger charge is -2.18. The van der Waals surface area contributed by atoms with Crippen molar-refractivity contribution in [2.75, 3.05) is 40.0 Å². The van der Waals surface area contributed by atoms with Gasteiger partial charge in [0.25, 0.3) is 0 Å². The van der Waals surface area contributed by atoms with E-state index in [9.17, 15) is 9.59 Å². The number of carbonyl (C=O) groups excluding carboxylic acids is 2. The van der Waals surface area contributed by atoms with Crippen molar-refractivity contribution >= 4 is 11.8 Å². The first-order valence-corrected chi connectivity index (χ1v) is 4.84.